The average Bonchev–Trinajstić information content (AvgIpc) is 2.51. The number of aliphatic hydroxyl groups excluding tert-OH is 1. The van der Waals surface area contributed by atoms with E-state index in [1.54, 1.807) is 6.92 Å². The lowest BCUT2D eigenvalue weighted by molar-refractivity contribution is -0.398. The van der Waals surface area contributed by atoms with Crippen molar-refractivity contribution in [3.8, 4) is 5.75 Å². The summed E-state index contributed by atoms with van der Waals surface area (Å²) >= 11 is 0. The van der Waals surface area contributed by atoms with Gasteiger partial charge >= 0.3 is 23.9 Å². The van der Waals surface area contributed by atoms with E-state index in [1.165, 1.54) is 18.2 Å². The molecule has 0 fully saturated rings. The quantitative estimate of drug-likeness (QED) is 0.597. The second-order valence-electron chi connectivity index (χ2n) is 5.46. The molecule has 1 N–H and O–H groups in total. The molecule has 26 heavy (non-hydrogen) atoms. The van der Waals surface area contributed by atoms with Crippen molar-refractivity contribution in [3.63, 3.8) is 0 Å². The second kappa shape index (κ2) is 7.53. The summed E-state index contributed by atoms with van der Waals surface area (Å²) in [5.41, 5.74) is -0.438. The van der Waals surface area contributed by atoms with Crippen LogP contribution in [0.1, 0.15) is 31.4 Å². The Labute approximate surface area is 142 Å². The summed E-state index contributed by atoms with van der Waals surface area (Å²) in [6.45, 7) is 1.76. The number of hydrogen-bond donors (Lipinski definition) is 1. The van der Waals surface area contributed by atoms with E-state index < -0.39 is 42.0 Å². The number of benzene rings is 1. The van der Waals surface area contributed by atoms with Crippen LogP contribution in [0.3, 0.4) is 0 Å². The summed E-state index contributed by atoms with van der Waals surface area (Å²) < 4.78 is 121. The first-order valence-electron chi connectivity index (χ1n) is 7.29. The van der Waals surface area contributed by atoms with Crippen LogP contribution in [0.5, 0.6) is 5.75 Å². The third kappa shape index (κ3) is 4.18. The minimum atomic E-state index is -6.98. The highest BCUT2D eigenvalue weighted by molar-refractivity contribution is 5.35. The Morgan fingerprint density at radius 3 is 1.96 bits per heavy atom. The van der Waals surface area contributed by atoms with Gasteiger partial charge in [-0.05, 0) is 12.5 Å². The van der Waals surface area contributed by atoms with Crippen LogP contribution in [-0.4, -0.2) is 35.7 Å². The molecule has 1 atom stereocenters. The predicted octanol–water partition coefficient (Wildman–Crippen LogP) is 5.37. The van der Waals surface area contributed by atoms with E-state index in [2.05, 4.69) is 0 Å². The van der Waals surface area contributed by atoms with Crippen molar-refractivity contribution in [1.82, 2.24) is 0 Å². The van der Waals surface area contributed by atoms with E-state index in [4.69, 9.17) is 4.74 Å². The summed E-state index contributed by atoms with van der Waals surface area (Å²) in [4.78, 5) is 0. The molecule has 0 aliphatic heterocycles. The normalized spacial score (nSPS) is 15.0. The van der Waals surface area contributed by atoms with Crippen LogP contribution < -0.4 is 4.74 Å². The number of rotatable bonds is 8. The monoisotopic (exact) mass is 398 g/mol. The zero-order valence-electron chi connectivity index (χ0n) is 13.3. The lowest BCUT2D eigenvalue weighted by Gasteiger charge is -2.34. The van der Waals surface area contributed by atoms with Gasteiger partial charge in [0.1, 0.15) is 5.75 Å². The molecule has 1 rings (SSSR count). The van der Waals surface area contributed by atoms with Crippen molar-refractivity contribution in [2.24, 2.45) is 0 Å². The topological polar surface area (TPSA) is 29.5 Å². The average molecular weight is 398 g/mol. The number of hydrogen-bond acceptors (Lipinski definition) is 2. The van der Waals surface area contributed by atoms with Gasteiger partial charge in [0.2, 0.25) is 0 Å². The Morgan fingerprint density at radius 1 is 0.923 bits per heavy atom. The van der Waals surface area contributed by atoms with E-state index in [9.17, 15) is 44.6 Å². The Hall–Kier alpha value is -1.65. The summed E-state index contributed by atoms with van der Waals surface area (Å²) in [7, 11) is 0. The Balaban J connectivity index is 3.13. The number of para-hydroxylation sites is 1. The molecule has 0 radical (unpaired) electrons. The Morgan fingerprint density at radius 2 is 1.46 bits per heavy atom. The first-order valence-corrected chi connectivity index (χ1v) is 7.29. The third-order valence-electron chi connectivity index (χ3n) is 3.40. The second-order valence-corrected chi connectivity index (χ2v) is 5.46. The molecule has 2 nitrogen and oxygen atoms in total. The summed E-state index contributed by atoms with van der Waals surface area (Å²) in [5.74, 6) is -19.8. The molecule has 0 bridgehead atoms. The van der Waals surface area contributed by atoms with Gasteiger partial charge < -0.3 is 9.84 Å². The number of alkyl halides is 9. The molecule has 0 spiro atoms. The standard InChI is InChI=1S/C15H15F9O2/c1-2-7-26-11-6-4-3-5-9(11)10(25)8-12(16,17)13(18,19)14(20,21)15(22,23)24/h3-6,10,25H,2,7-8H2,1H3. The van der Waals surface area contributed by atoms with E-state index >= 15 is 0 Å². The largest absolute Gasteiger partial charge is 0.493 e. The molecular formula is C15H15F9O2. The van der Waals surface area contributed by atoms with Crippen molar-refractivity contribution < 1.29 is 49.4 Å². The molecule has 0 saturated heterocycles. The molecule has 0 saturated carbocycles. The van der Waals surface area contributed by atoms with Gasteiger partial charge in [-0.3, -0.25) is 0 Å². The summed E-state index contributed by atoms with van der Waals surface area (Å²) in [6.07, 6.45) is -11.3. The first kappa shape index (κ1) is 22.4. The molecule has 11 heteroatoms. The van der Waals surface area contributed by atoms with Crippen molar-refractivity contribution in [1.29, 1.82) is 0 Å². The zero-order valence-corrected chi connectivity index (χ0v) is 13.3. The molecule has 0 aliphatic rings. The summed E-state index contributed by atoms with van der Waals surface area (Å²) in [6, 6.07) is 4.80. The maximum Gasteiger partial charge on any atom is 0.460 e. The minimum absolute atomic E-state index is 0.0719. The fourth-order valence-electron chi connectivity index (χ4n) is 1.99. The van der Waals surface area contributed by atoms with E-state index in [0.29, 0.717) is 6.42 Å². The van der Waals surface area contributed by atoms with Gasteiger partial charge in [0, 0.05) is 12.0 Å². The fourth-order valence-corrected chi connectivity index (χ4v) is 1.99. The van der Waals surface area contributed by atoms with Gasteiger partial charge in [-0.15, -0.1) is 0 Å². The highest BCUT2D eigenvalue weighted by Crippen LogP contribution is 2.55. The molecule has 0 heterocycles. The van der Waals surface area contributed by atoms with Gasteiger partial charge in [-0.1, -0.05) is 25.1 Å². The predicted molar refractivity (Wildman–Crippen MR) is 72.7 cm³/mol. The molecule has 1 aromatic rings. The highest BCUT2D eigenvalue weighted by Gasteiger charge is 2.81. The molecule has 1 unspecified atom stereocenters. The lowest BCUT2D eigenvalue weighted by atomic mass is 9.95. The Kier molecular flexibility index (Phi) is 6.49. The van der Waals surface area contributed by atoms with Crippen molar-refractivity contribution >= 4 is 0 Å². The van der Waals surface area contributed by atoms with Crippen molar-refractivity contribution in [2.45, 2.75) is 49.8 Å². The Bertz CT molecular complexity index is 599. The fraction of sp³-hybridized carbons (Fsp3) is 0.600. The SMILES string of the molecule is CCCOc1ccccc1C(O)CC(F)(F)C(F)(F)C(F)(F)C(F)(F)F. The van der Waals surface area contributed by atoms with Crippen LogP contribution in [0.2, 0.25) is 0 Å². The van der Waals surface area contributed by atoms with Crippen molar-refractivity contribution in [3.05, 3.63) is 29.8 Å². The number of ether oxygens (including phenoxy) is 1. The van der Waals surface area contributed by atoms with E-state index in [-0.39, 0.29) is 12.4 Å². The van der Waals surface area contributed by atoms with Gasteiger partial charge in [0.05, 0.1) is 12.7 Å². The maximum atomic E-state index is 13.6. The smallest absolute Gasteiger partial charge is 0.460 e. The zero-order chi connectivity index (χ0) is 20.4. The van der Waals surface area contributed by atoms with Gasteiger partial charge in [0.25, 0.3) is 0 Å². The highest BCUT2D eigenvalue weighted by atomic mass is 19.4. The lowest BCUT2D eigenvalue weighted by Crippen LogP contribution is -2.61. The van der Waals surface area contributed by atoms with Crippen LogP contribution >= 0.6 is 0 Å². The molecule has 0 aliphatic carbocycles. The third-order valence-corrected chi connectivity index (χ3v) is 3.40. The van der Waals surface area contributed by atoms with Crippen LogP contribution in [0, 0.1) is 0 Å². The van der Waals surface area contributed by atoms with Crippen molar-refractivity contribution in [2.75, 3.05) is 6.61 Å². The molecule has 1 aromatic carbocycles. The molecule has 0 amide bonds. The van der Waals surface area contributed by atoms with Gasteiger partial charge in [-0.25, -0.2) is 0 Å². The van der Waals surface area contributed by atoms with E-state index in [1.807, 2.05) is 0 Å². The maximum absolute atomic E-state index is 13.6. The molecule has 0 aromatic heterocycles. The number of aliphatic hydroxyl groups is 1. The van der Waals surface area contributed by atoms with E-state index in [0.717, 1.165) is 6.07 Å². The van der Waals surface area contributed by atoms with Crippen LogP contribution in [0.15, 0.2) is 24.3 Å². The van der Waals surface area contributed by atoms with Crippen LogP contribution in [-0.2, 0) is 0 Å². The number of halogens is 9. The summed E-state index contributed by atoms with van der Waals surface area (Å²) in [5, 5.41) is 9.75. The molecule has 150 valence electrons. The molecular weight excluding hydrogens is 383 g/mol. The van der Waals surface area contributed by atoms with Crippen LogP contribution in [0.25, 0.3) is 0 Å². The van der Waals surface area contributed by atoms with Crippen LogP contribution in [0.4, 0.5) is 39.5 Å². The van der Waals surface area contributed by atoms with Gasteiger partial charge in [0.15, 0.2) is 0 Å². The van der Waals surface area contributed by atoms with Gasteiger partial charge in [-0.2, -0.15) is 39.5 Å². The minimum Gasteiger partial charge on any atom is -0.493 e. The first-order chi connectivity index (χ1) is 11.7.